The largest absolute Gasteiger partial charge is 0.357 e. The molecule has 0 saturated heterocycles. The van der Waals surface area contributed by atoms with Gasteiger partial charge in [-0.15, -0.1) is 16.8 Å². The molecule has 35 heavy (non-hydrogen) atoms. The molecule has 190 valence electrons. The van der Waals surface area contributed by atoms with Crippen molar-refractivity contribution < 1.29 is 19.6 Å². The Hall–Kier alpha value is -2.84. The topological polar surface area (TPSA) is 98.7 Å². The summed E-state index contributed by atoms with van der Waals surface area (Å²) < 4.78 is 0. The van der Waals surface area contributed by atoms with Crippen LogP contribution >= 0.6 is 11.8 Å². The molecular weight excluding hydrogens is 462 g/mol. The molecule has 8 heteroatoms. The summed E-state index contributed by atoms with van der Waals surface area (Å²) in [4.78, 5) is 39.3. The second-order valence-corrected chi connectivity index (χ2v) is 10.3. The predicted octanol–water partition coefficient (Wildman–Crippen LogP) is 4.73. The fraction of sp³-hybridized carbons (Fsp3) is 0.444. The monoisotopic (exact) mass is 499 g/mol. The number of hydroxylamine groups is 2. The van der Waals surface area contributed by atoms with Crippen molar-refractivity contribution in [3.8, 4) is 0 Å². The number of likely N-dealkylation sites (N-methyl/N-ethyl adjacent to an activating group) is 1. The molecule has 0 heterocycles. The third-order valence-corrected chi connectivity index (χ3v) is 7.09. The lowest BCUT2D eigenvalue weighted by atomic mass is 9.98. The fourth-order valence-electron chi connectivity index (χ4n) is 3.68. The van der Waals surface area contributed by atoms with Crippen molar-refractivity contribution in [1.29, 1.82) is 0 Å². The van der Waals surface area contributed by atoms with E-state index in [2.05, 4.69) is 30.5 Å². The molecular formula is C27H37N3O4S. The van der Waals surface area contributed by atoms with E-state index in [0.29, 0.717) is 18.1 Å². The lowest BCUT2D eigenvalue weighted by Crippen LogP contribution is -2.53. The highest BCUT2D eigenvalue weighted by atomic mass is 32.2. The van der Waals surface area contributed by atoms with Crippen LogP contribution < -0.4 is 10.6 Å². The molecule has 0 spiro atoms. The summed E-state index contributed by atoms with van der Waals surface area (Å²) in [6, 6.07) is 13.4. The molecule has 2 atom stereocenters. The van der Waals surface area contributed by atoms with Gasteiger partial charge in [-0.2, -0.15) is 0 Å². The van der Waals surface area contributed by atoms with Gasteiger partial charge in [0.1, 0.15) is 6.04 Å². The van der Waals surface area contributed by atoms with Crippen molar-refractivity contribution in [2.45, 2.75) is 57.9 Å². The number of urea groups is 1. The Bertz CT molecular complexity index is 997. The highest BCUT2D eigenvalue weighted by molar-refractivity contribution is 7.99. The Morgan fingerprint density at radius 2 is 1.71 bits per heavy atom. The van der Waals surface area contributed by atoms with Gasteiger partial charge in [-0.25, -0.2) is 4.79 Å². The summed E-state index contributed by atoms with van der Waals surface area (Å²) in [7, 11) is 1.47. The van der Waals surface area contributed by atoms with Crippen molar-refractivity contribution in [2.24, 2.45) is 11.8 Å². The van der Waals surface area contributed by atoms with Crippen molar-refractivity contribution in [3.05, 3.63) is 65.2 Å². The minimum absolute atomic E-state index is 0.133. The first-order valence-electron chi connectivity index (χ1n) is 11.9. The summed E-state index contributed by atoms with van der Waals surface area (Å²) in [5, 5.41) is 15.7. The first-order valence-corrected chi connectivity index (χ1v) is 12.9. The second kappa shape index (κ2) is 13.9. The van der Waals surface area contributed by atoms with Gasteiger partial charge in [0.05, 0.1) is 5.92 Å². The summed E-state index contributed by atoms with van der Waals surface area (Å²) in [5.41, 5.74) is 3.13. The van der Waals surface area contributed by atoms with E-state index in [1.54, 1.807) is 11.8 Å². The molecule has 3 N–H and O–H groups in total. The number of nitrogens with zero attached hydrogens (tertiary/aromatic N) is 1. The summed E-state index contributed by atoms with van der Waals surface area (Å²) in [5.74, 6) is -0.823. The van der Waals surface area contributed by atoms with E-state index in [9.17, 15) is 19.6 Å². The smallest absolute Gasteiger partial charge is 0.349 e. The minimum Gasteiger partial charge on any atom is -0.357 e. The highest BCUT2D eigenvalue weighted by Gasteiger charge is 2.31. The van der Waals surface area contributed by atoms with Crippen LogP contribution in [0.5, 0.6) is 0 Å². The Kier molecular flexibility index (Phi) is 11.3. The van der Waals surface area contributed by atoms with Gasteiger partial charge < -0.3 is 10.6 Å². The van der Waals surface area contributed by atoms with Crippen LogP contribution in [0.4, 0.5) is 4.79 Å². The van der Waals surface area contributed by atoms with Crippen LogP contribution in [0.3, 0.4) is 0 Å². The van der Waals surface area contributed by atoms with Crippen molar-refractivity contribution >= 4 is 29.6 Å². The Balaban J connectivity index is 2.11. The van der Waals surface area contributed by atoms with Gasteiger partial charge in [0, 0.05) is 24.1 Å². The van der Waals surface area contributed by atoms with Crippen LogP contribution in [0.1, 0.15) is 43.4 Å². The minimum atomic E-state index is -1.01. The number of carbonyl (C=O) groups excluding carboxylic acids is 3. The van der Waals surface area contributed by atoms with E-state index in [1.165, 1.54) is 12.6 Å². The maximum absolute atomic E-state index is 13.1. The van der Waals surface area contributed by atoms with Gasteiger partial charge in [0.2, 0.25) is 5.91 Å². The molecule has 0 aromatic heterocycles. The summed E-state index contributed by atoms with van der Waals surface area (Å²) >= 11 is 1.54. The van der Waals surface area contributed by atoms with Gasteiger partial charge >= 0.3 is 6.03 Å². The number of hydrogen-bond donors (Lipinski definition) is 3. The zero-order valence-corrected chi connectivity index (χ0v) is 22.0. The predicted molar refractivity (Wildman–Crippen MR) is 139 cm³/mol. The highest BCUT2D eigenvalue weighted by Crippen LogP contribution is 2.28. The first-order chi connectivity index (χ1) is 16.6. The maximum atomic E-state index is 13.1. The molecule has 2 aromatic carbocycles. The van der Waals surface area contributed by atoms with Gasteiger partial charge in [-0.3, -0.25) is 14.8 Å². The standard InChI is InChI=1S/C27H37N3O4S/c1-18(2)11-13-22(17-35-24-14-12-19(3)15-20(24)4)26(32)30(34)27(33)29-23(25(31)28-5)16-21-9-7-6-8-10-21/h6-10,12,14-15,18,22-23,34H,11,13,16-17H2,1-5H3,(H,28,31)(H,29,33)/t22-,23+/m1/s1. The lowest BCUT2D eigenvalue weighted by Gasteiger charge is -2.24. The second-order valence-electron chi connectivity index (χ2n) is 9.20. The summed E-state index contributed by atoms with van der Waals surface area (Å²) in [6.07, 6.45) is 1.56. The Labute approximate surface area is 212 Å². The SMILES string of the molecule is CNC(=O)[C@H](Cc1ccccc1)NC(=O)N(O)C(=O)[C@H](CCC(C)C)CSc1ccc(C)cc1C. The van der Waals surface area contributed by atoms with Crippen LogP contribution in [-0.4, -0.2) is 47.0 Å². The quantitative estimate of drug-likeness (QED) is 0.236. The van der Waals surface area contributed by atoms with Crippen LogP contribution in [0, 0.1) is 25.7 Å². The third kappa shape index (κ3) is 9.03. The van der Waals surface area contributed by atoms with E-state index >= 15 is 0 Å². The molecule has 0 radical (unpaired) electrons. The number of imide groups is 1. The van der Waals surface area contributed by atoms with E-state index in [0.717, 1.165) is 22.4 Å². The van der Waals surface area contributed by atoms with Crippen molar-refractivity contribution in [3.63, 3.8) is 0 Å². The van der Waals surface area contributed by atoms with Gasteiger partial charge in [0.15, 0.2) is 0 Å². The molecule has 0 aliphatic heterocycles. The van der Waals surface area contributed by atoms with E-state index < -0.39 is 29.8 Å². The molecule has 2 aromatic rings. The zero-order chi connectivity index (χ0) is 26.0. The number of aryl methyl sites for hydroxylation is 2. The number of carbonyl (C=O) groups is 3. The molecule has 0 unspecified atom stereocenters. The van der Waals surface area contributed by atoms with E-state index in [4.69, 9.17) is 0 Å². The van der Waals surface area contributed by atoms with E-state index in [1.807, 2.05) is 56.3 Å². The van der Waals surface area contributed by atoms with Crippen molar-refractivity contribution in [1.82, 2.24) is 15.7 Å². The average molecular weight is 500 g/mol. The Morgan fingerprint density at radius 3 is 2.31 bits per heavy atom. The van der Waals surface area contributed by atoms with Crippen LogP contribution in [0.15, 0.2) is 53.4 Å². The molecule has 2 rings (SSSR count). The molecule has 0 aliphatic carbocycles. The third-order valence-electron chi connectivity index (χ3n) is 5.76. The number of benzene rings is 2. The number of nitrogens with one attached hydrogen (secondary N) is 2. The maximum Gasteiger partial charge on any atom is 0.349 e. The van der Waals surface area contributed by atoms with Gasteiger partial charge in [-0.05, 0) is 43.4 Å². The number of thioether (sulfide) groups is 1. The fourth-order valence-corrected chi connectivity index (χ4v) is 4.82. The molecule has 0 aliphatic rings. The van der Waals surface area contributed by atoms with Crippen LogP contribution in [0.2, 0.25) is 0 Å². The first kappa shape index (κ1) is 28.4. The molecule has 0 fully saturated rings. The zero-order valence-electron chi connectivity index (χ0n) is 21.2. The molecule has 0 bridgehead atoms. The number of rotatable bonds is 11. The normalized spacial score (nSPS) is 12.7. The molecule has 0 saturated carbocycles. The van der Waals surface area contributed by atoms with Crippen LogP contribution in [0.25, 0.3) is 0 Å². The average Bonchev–Trinajstić information content (AvgIpc) is 2.83. The molecule has 4 amide bonds. The van der Waals surface area contributed by atoms with Gasteiger partial charge in [-0.1, -0.05) is 68.3 Å². The van der Waals surface area contributed by atoms with E-state index in [-0.39, 0.29) is 11.5 Å². The van der Waals surface area contributed by atoms with Crippen LogP contribution in [-0.2, 0) is 16.0 Å². The molecule has 7 nitrogen and oxygen atoms in total. The lowest BCUT2D eigenvalue weighted by molar-refractivity contribution is -0.157. The number of amides is 4. The van der Waals surface area contributed by atoms with Crippen molar-refractivity contribution in [2.75, 3.05) is 12.8 Å². The van der Waals surface area contributed by atoms with Gasteiger partial charge in [0.25, 0.3) is 5.91 Å². The number of hydrogen-bond acceptors (Lipinski definition) is 5. The Morgan fingerprint density at radius 1 is 1.03 bits per heavy atom. The summed E-state index contributed by atoms with van der Waals surface area (Å²) in [6.45, 7) is 8.19.